The van der Waals surface area contributed by atoms with Crippen LogP contribution in [0.3, 0.4) is 0 Å². The van der Waals surface area contributed by atoms with E-state index in [1.807, 2.05) is 36.4 Å². The number of hydrogen-bond acceptors (Lipinski definition) is 3. The van der Waals surface area contributed by atoms with Crippen molar-refractivity contribution in [2.75, 3.05) is 16.0 Å². The Morgan fingerprint density at radius 3 is 2.42 bits per heavy atom. The number of nitrogens with zero attached hydrogens (tertiary/aromatic N) is 1. The monoisotopic (exact) mass is 319 g/mol. The summed E-state index contributed by atoms with van der Waals surface area (Å²) in [7, 11) is 0. The minimum Gasteiger partial charge on any atom is -0.399 e. The van der Waals surface area contributed by atoms with Gasteiger partial charge in [0.25, 0.3) is 0 Å². The molecule has 3 aromatic carbocycles. The fraction of sp³-hybridized carbons (Fsp3) is 0.0526. The van der Waals surface area contributed by atoms with Crippen LogP contribution in [0.25, 0.3) is 10.8 Å². The maximum atomic E-state index is 12.7. The van der Waals surface area contributed by atoms with Gasteiger partial charge in [-0.3, -0.25) is 4.79 Å². The number of amides is 3. The van der Waals surface area contributed by atoms with Gasteiger partial charge >= 0.3 is 6.03 Å². The predicted molar refractivity (Wildman–Crippen MR) is 97.0 cm³/mol. The van der Waals surface area contributed by atoms with Crippen LogP contribution in [-0.4, -0.2) is 11.9 Å². The first-order valence-corrected chi connectivity index (χ1v) is 7.51. The highest BCUT2D eigenvalue weighted by Crippen LogP contribution is 2.25. The molecule has 0 bridgehead atoms. The third-order valence-corrected chi connectivity index (χ3v) is 3.68. The number of nitrogens with two attached hydrogens (primary N) is 1. The number of imide groups is 1. The molecule has 0 aliphatic rings. The zero-order chi connectivity index (χ0) is 17.1. The SMILES string of the molecule is CC(=O)N(C(=O)Nc1cccc2ccccc12)c1cccc(N)c1. The summed E-state index contributed by atoms with van der Waals surface area (Å²) >= 11 is 0. The molecule has 0 saturated carbocycles. The Hall–Kier alpha value is -3.34. The van der Waals surface area contributed by atoms with Crippen LogP contribution < -0.4 is 16.0 Å². The molecule has 5 heteroatoms. The molecule has 3 amide bonds. The Morgan fingerprint density at radius 1 is 0.958 bits per heavy atom. The second kappa shape index (κ2) is 6.42. The molecular weight excluding hydrogens is 302 g/mol. The molecule has 5 nitrogen and oxygen atoms in total. The van der Waals surface area contributed by atoms with E-state index in [9.17, 15) is 9.59 Å². The van der Waals surface area contributed by atoms with Gasteiger partial charge < -0.3 is 11.1 Å². The van der Waals surface area contributed by atoms with E-state index >= 15 is 0 Å². The fourth-order valence-electron chi connectivity index (χ4n) is 2.61. The molecule has 0 saturated heterocycles. The standard InChI is InChI=1S/C19H17N3O2/c1-13(23)22(16-9-5-8-15(20)12-16)19(24)21-18-11-4-7-14-6-2-3-10-17(14)18/h2-12H,20H2,1H3,(H,21,24). The number of rotatable bonds is 2. The molecule has 3 rings (SSSR count). The molecule has 0 unspecified atom stereocenters. The number of benzene rings is 3. The maximum Gasteiger partial charge on any atom is 0.333 e. The number of carbonyl (C=O) groups excluding carboxylic acids is 2. The molecule has 0 aromatic heterocycles. The van der Waals surface area contributed by atoms with E-state index in [4.69, 9.17) is 5.73 Å². The highest BCUT2D eigenvalue weighted by molar-refractivity contribution is 6.19. The third kappa shape index (κ3) is 3.05. The van der Waals surface area contributed by atoms with Crippen molar-refractivity contribution in [3.8, 4) is 0 Å². The Labute approximate surface area is 139 Å². The summed E-state index contributed by atoms with van der Waals surface area (Å²) in [5, 5.41) is 4.72. The number of carbonyl (C=O) groups is 2. The van der Waals surface area contributed by atoms with E-state index in [0.29, 0.717) is 17.1 Å². The average Bonchev–Trinajstić information content (AvgIpc) is 2.55. The molecule has 3 N–H and O–H groups in total. The van der Waals surface area contributed by atoms with Gasteiger partial charge in [0, 0.05) is 18.0 Å². The Morgan fingerprint density at radius 2 is 1.67 bits per heavy atom. The molecule has 3 aromatic rings. The maximum absolute atomic E-state index is 12.7. The van der Waals surface area contributed by atoms with Gasteiger partial charge in [0.15, 0.2) is 0 Å². The number of hydrogen-bond donors (Lipinski definition) is 2. The molecule has 0 spiro atoms. The van der Waals surface area contributed by atoms with E-state index < -0.39 is 11.9 Å². The molecule has 0 fully saturated rings. The third-order valence-electron chi connectivity index (χ3n) is 3.68. The summed E-state index contributed by atoms with van der Waals surface area (Å²) in [6.07, 6.45) is 0. The van der Waals surface area contributed by atoms with E-state index in [1.54, 1.807) is 30.3 Å². The largest absolute Gasteiger partial charge is 0.399 e. The lowest BCUT2D eigenvalue weighted by molar-refractivity contribution is -0.115. The Balaban J connectivity index is 1.95. The van der Waals surface area contributed by atoms with Crippen LogP contribution in [0.1, 0.15) is 6.92 Å². The first kappa shape index (κ1) is 15.6. The molecule has 0 radical (unpaired) electrons. The smallest absolute Gasteiger partial charge is 0.333 e. The first-order chi connectivity index (χ1) is 11.6. The summed E-state index contributed by atoms with van der Waals surface area (Å²) in [4.78, 5) is 25.7. The van der Waals surface area contributed by atoms with Crippen LogP contribution in [0.2, 0.25) is 0 Å². The van der Waals surface area contributed by atoms with E-state index in [1.165, 1.54) is 6.92 Å². The number of fused-ring (bicyclic) bond motifs is 1. The van der Waals surface area contributed by atoms with Gasteiger partial charge in [-0.25, -0.2) is 9.69 Å². The van der Waals surface area contributed by atoms with Gasteiger partial charge in [0.2, 0.25) is 5.91 Å². The molecule has 0 aliphatic heterocycles. The molecule has 0 aliphatic carbocycles. The van der Waals surface area contributed by atoms with Crippen molar-refractivity contribution in [2.24, 2.45) is 0 Å². The van der Waals surface area contributed by atoms with Gasteiger partial charge in [-0.15, -0.1) is 0 Å². The molecular formula is C19H17N3O2. The van der Waals surface area contributed by atoms with Crippen LogP contribution >= 0.6 is 0 Å². The van der Waals surface area contributed by atoms with Crippen LogP contribution in [-0.2, 0) is 4.79 Å². The second-order valence-corrected chi connectivity index (χ2v) is 5.41. The van der Waals surface area contributed by atoms with Crippen molar-refractivity contribution in [2.45, 2.75) is 6.92 Å². The highest BCUT2D eigenvalue weighted by atomic mass is 16.2. The van der Waals surface area contributed by atoms with Crippen molar-refractivity contribution in [1.82, 2.24) is 0 Å². The minimum atomic E-state index is -0.524. The van der Waals surface area contributed by atoms with Gasteiger partial charge in [-0.05, 0) is 29.7 Å². The summed E-state index contributed by atoms with van der Waals surface area (Å²) in [6, 6.07) is 19.5. The first-order valence-electron chi connectivity index (χ1n) is 7.51. The van der Waals surface area contributed by atoms with Gasteiger partial charge in [0.05, 0.1) is 11.4 Å². The molecule has 24 heavy (non-hydrogen) atoms. The quantitative estimate of drug-likeness (QED) is 0.701. The van der Waals surface area contributed by atoms with Crippen molar-refractivity contribution in [1.29, 1.82) is 0 Å². The molecule has 0 atom stereocenters. The summed E-state index contributed by atoms with van der Waals surface area (Å²) in [5.41, 5.74) is 7.31. The lowest BCUT2D eigenvalue weighted by Gasteiger charge is -2.20. The van der Waals surface area contributed by atoms with Gasteiger partial charge in [-0.1, -0.05) is 42.5 Å². The van der Waals surface area contributed by atoms with E-state index in [-0.39, 0.29) is 0 Å². The fourth-order valence-corrected chi connectivity index (χ4v) is 2.61. The van der Waals surface area contributed by atoms with Crippen molar-refractivity contribution >= 4 is 39.8 Å². The number of nitrogen functional groups attached to an aromatic ring is 1. The zero-order valence-electron chi connectivity index (χ0n) is 13.2. The topological polar surface area (TPSA) is 75.4 Å². The predicted octanol–water partition coefficient (Wildman–Crippen LogP) is 4.01. The Kier molecular flexibility index (Phi) is 4.16. The van der Waals surface area contributed by atoms with Gasteiger partial charge in [0.1, 0.15) is 0 Å². The molecule has 0 heterocycles. The normalized spacial score (nSPS) is 10.4. The Bertz CT molecular complexity index is 916. The van der Waals surface area contributed by atoms with Crippen LogP contribution in [0.4, 0.5) is 21.9 Å². The number of urea groups is 1. The lowest BCUT2D eigenvalue weighted by atomic mass is 10.1. The van der Waals surface area contributed by atoms with E-state index in [0.717, 1.165) is 15.7 Å². The number of nitrogens with one attached hydrogen (secondary N) is 1. The molecule has 120 valence electrons. The van der Waals surface area contributed by atoms with Gasteiger partial charge in [-0.2, -0.15) is 0 Å². The van der Waals surface area contributed by atoms with Crippen molar-refractivity contribution in [3.05, 3.63) is 66.7 Å². The lowest BCUT2D eigenvalue weighted by Crippen LogP contribution is -2.38. The van der Waals surface area contributed by atoms with Crippen molar-refractivity contribution < 1.29 is 9.59 Å². The van der Waals surface area contributed by atoms with Crippen molar-refractivity contribution in [3.63, 3.8) is 0 Å². The zero-order valence-corrected chi connectivity index (χ0v) is 13.2. The van der Waals surface area contributed by atoms with Crippen LogP contribution in [0.15, 0.2) is 66.7 Å². The summed E-state index contributed by atoms with van der Waals surface area (Å²) < 4.78 is 0. The summed E-state index contributed by atoms with van der Waals surface area (Å²) in [6.45, 7) is 1.34. The van der Waals surface area contributed by atoms with Crippen LogP contribution in [0, 0.1) is 0 Å². The summed E-state index contributed by atoms with van der Waals surface area (Å²) in [5.74, 6) is -0.390. The van der Waals surface area contributed by atoms with E-state index in [2.05, 4.69) is 5.32 Å². The minimum absolute atomic E-state index is 0.390. The van der Waals surface area contributed by atoms with Crippen LogP contribution in [0.5, 0.6) is 0 Å². The average molecular weight is 319 g/mol. The highest BCUT2D eigenvalue weighted by Gasteiger charge is 2.21. The second-order valence-electron chi connectivity index (χ2n) is 5.41. The number of anilines is 3.